The second-order valence-electron chi connectivity index (χ2n) is 4.12. The molecule has 0 saturated carbocycles. The molecule has 2 rings (SSSR count). The van der Waals surface area contributed by atoms with E-state index < -0.39 is 0 Å². The summed E-state index contributed by atoms with van der Waals surface area (Å²) in [6.45, 7) is 2.08. The minimum atomic E-state index is 0.107. The second-order valence-corrected chi connectivity index (χ2v) is 5.28. The van der Waals surface area contributed by atoms with Crippen LogP contribution < -0.4 is 10.5 Å². The summed E-state index contributed by atoms with van der Waals surface area (Å²) in [6.07, 6.45) is 0.941. The molecule has 0 spiro atoms. The molecule has 0 bridgehead atoms. The number of hydrogen-bond donors (Lipinski definition) is 1. The third-order valence-corrected chi connectivity index (χ3v) is 3.70. The molecule has 1 atom stereocenters. The van der Waals surface area contributed by atoms with Gasteiger partial charge in [-0.05, 0) is 58.8 Å². The van der Waals surface area contributed by atoms with Crippen LogP contribution in [0.2, 0.25) is 0 Å². The fourth-order valence-electron chi connectivity index (χ4n) is 1.67. The molecule has 3 heteroatoms. The van der Waals surface area contributed by atoms with Crippen molar-refractivity contribution < 1.29 is 4.74 Å². The first-order valence-corrected chi connectivity index (χ1v) is 7.06. The number of nitrogens with two attached hydrogens (primary N) is 1. The molecule has 2 aromatic rings. The van der Waals surface area contributed by atoms with Crippen molar-refractivity contribution in [2.45, 2.75) is 19.4 Å². The van der Waals surface area contributed by atoms with Crippen LogP contribution in [0.3, 0.4) is 0 Å². The topological polar surface area (TPSA) is 35.2 Å². The summed E-state index contributed by atoms with van der Waals surface area (Å²) < 4.78 is 6.93. The highest BCUT2D eigenvalue weighted by Crippen LogP contribution is 2.27. The van der Waals surface area contributed by atoms with E-state index in [4.69, 9.17) is 10.5 Å². The molecule has 0 aromatic heterocycles. The Bertz CT molecular complexity index is 510. The Labute approximate surface area is 121 Å². The Kier molecular flexibility index (Phi) is 4.60. The lowest BCUT2D eigenvalue weighted by Crippen LogP contribution is -2.08. The highest BCUT2D eigenvalue weighted by Gasteiger charge is 2.04. The SMILES string of the molecule is CC[C@H](N)c1ccc(Oc2ccccc2I)cc1. The van der Waals surface area contributed by atoms with Gasteiger partial charge in [-0.2, -0.15) is 0 Å². The third kappa shape index (κ3) is 3.23. The Morgan fingerprint density at radius 3 is 2.39 bits per heavy atom. The second kappa shape index (κ2) is 6.20. The number of benzene rings is 2. The van der Waals surface area contributed by atoms with Crippen molar-refractivity contribution in [3.63, 3.8) is 0 Å². The van der Waals surface area contributed by atoms with E-state index in [0.717, 1.165) is 27.1 Å². The van der Waals surface area contributed by atoms with E-state index in [1.807, 2.05) is 48.5 Å². The van der Waals surface area contributed by atoms with Crippen LogP contribution in [0.4, 0.5) is 0 Å². The molecule has 2 aromatic carbocycles. The molecule has 2 nitrogen and oxygen atoms in total. The van der Waals surface area contributed by atoms with Gasteiger partial charge in [-0.25, -0.2) is 0 Å². The van der Waals surface area contributed by atoms with Crippen LogP contribution in [0, 0.1) is 3.57 Å². The van der Waals surface area contributed by atoms with Gasteiger partial charge in [-0.3, -0.25) is 0 Å². The van der Waals surface area contributed by atoms with E-state index in [-0.39, 0.29) is 6.04 Å². The van der Waals surface area contributed by atoms with Crippen LogP contribution in [0.25, 0.3) is 0 Å². The smallest absolute Gasteiger partial charge is 0.140 e. The van der Waals surface area contributed by atoms with Crippen molar-refractivity contribution in [3.05, 3.63) is 57.7 Å². The van der Waals surface area contributed by atoms with Crippen LogP contribution in [-0.4, -0.2) is 0 Å². The molecular formula is C15H16INO. The first-order valence-electron chi connectivity index (χ1n) is 5.98. The first kappa shape index (κ1) is 13.4. The molecule has 0 heterocycles. The van der Waals surface area contributed by atoms with Gasteiger partial charge in [0.15, 0.2) is 0 Å². The summed E-state index contributed by atoms with van der Waals surface area (Å²) in [5.41, 5.74) is 7.12. The molecule has 0 fully saturated rings. The van der Waals surface area contributed by atoms with Crippen LogP contribution in [0.5, 0.6) is 11.5 Å². The Morgan fingerprint density at radius 2 is 1.78 bits per heavy atom. The van der Waals surface area contributed by atoms with Crippen molar-refractivity contribution in [1.29, 1.82) is 0 Å². The van der Waals surface area contributed by atoms with E-state index >= 15 is 0 Å². The fourth-order valence-corrected chi connectivity index (χ4v) is 2.17. The van der Waals surface area contributed by atoms with Crippen molar-refractivity contribution in [1.82, 2.24) is 0 Å². The van der Waals surface area contributed by atoms with Crippen LogP contribution >= 0.6 is 22.6 Å². The summed E-state index contributed by atoms with van der Waals surface area (Å²) >= 11 is 2.27. The van der Waals surface area contributed by atoms with Gasteiger partial charge in [-0.1, -0.05) is 31.2 Å². The number of halogens is 1. The number of para-hydroxylation sites is 1. The minimum Gasteiger partial charge on any atom is -0.456 e. The quantitative estimate of drug-likeness (QED) is 0.822. The number of hydrogen-bond acceptors (Lipinski definition) is 2. The first-order chi connectivity index (χ1) is 8.70. The normalized spacial score (nSPS) is 12.2. The molecule has 0 aliphatic heterocycles. The molecule has 94 valence electrons. The van der Waals surface area contributed by atoms with Gasteiger partial charge in [0.05, 0.1) is 3.57 Å². The predicted molar refractivity (Wildman–Crippen MR) is 82.9 cm³/mol. The van der Waals surface area contributed by atoms with Crippen LogP contribution in [0.15, 0.2) is 48.5 Å². The van der Waals surface area contributed by atoms with Gasteiger partial charge in [0.25, 0.3) is 0 Å². The highest BCUT2D eigenvalue weighted by atomic mass is 127. The molecule has 0 unspecified atom stereocenters. The van der Waals surface area contributed by atoms with Gasteiger partial charge < -0.3 is 10.5 Å². The molecule has 0 amide bonds. The average molecular weight is 353 g/mol. The zero-order valence-electron chi connectivity index (χ0n) is 10.3. The van der Waals surface area contributed by atoms with E-state index in [1.54, 1.807) is 0 Å². The van der Waals surface area contributed by atoms with Crippen molar-refractivity contribution >= 4 is 22.6 Å². The average Bonchev–Trinajstić information content (AvgIpc) is 2.41. The lowest BCUT2D eigenvalue weighted by Gasteiger charge is -2.11. The lowest BCUT2D eigenvalue weighted by molar-refractivity contribution is 0.479. The highest BCUT2D eigenvalue weighted by molar-refractivity contribution is 14.1. The lowest BCUT2D eigenvalue weighted by atomic mass is 10.1. The molecule has 0 radical (unpaired) electrons. The van der Waals surface area contributed by atoms with E-state index in [9.17, 15) is 0 Å². The standard InChI is InChI=1S/C15H16INO/c1-2-14(17)11-7-9-12(10-8-11)18-15-6-4-3-5-13(15)16/h3-10,14H,2,17H2,1H3/t14-/m0/s1. The van der Waals surface area contributed by atoms with Gasteiger partial charge >= 0.3 is 0 Å². The number of ether oxygens (including phenoxy) is 1. The molecular weight excluding hydrogens is 337 g/mol. The summed E-state index contributed by atoms with van der Waals surface area (Å²) in [5.74, 6) is 1.72. The molecule has 0 aliphatic carbocycles. The maximum absolute atomic E-state index is 5.98. The minimum absolute atomic E-state index is 0.107. The van der Waals surface area contributed by atoms with E-state index in [1.165, 1.54) is 0 Å². The van der Waals surface area contributed by atoms with Crippen molar-refractivity contribution in [2.75, 3.05) is 0 Å². The van der Waals surface area contributed by atoms with Crippen molar-refractivity contribution in [2.24, 2.45) is 5.73 Å². The zero-order valence-corrected chi connectivity index (χ0v) is 12.4. The summed E-state index contributed by atoms with van der Waals surface area (Å²) in [6, 6.07) is 16.1. The van der Waals surface area contributed by atoms with E-state index in [2.05, 4.69) is 29.5 Å². The van der Waals surface area contributed by atoms with Gasteiger partial charge in [0.1, 0.15) is 11.5 Å². The molecule has 2 N–H and O–H groups in total. The fraction of sp³-hybridized carbons (Fsp3) is 0.200. The van der Waals surface area contributed by atoms with Crippen LogP contribution in [-0.2, 0) is 0 Å². The summed E-state index contributed by atoms with van der Waals surface area (Å²) in [7, 11) is 0. The molecule has 0 aliphatic rings. The summed E-state index contributed by atoms with van der Waals surface area (Å²) in [5, 5.41) is 0. The summed E-state index contributed by atoms with van der Waals surface area (Å²) in [4.78, 5) is 0. The monoisotopic (exact) mass is 353 g/mol. The van der Waals surface area contributed by atoms with E-state index in [0.29, 0.717) is 0 Å². The zero-order chi connectivity index (χ0) is 13.0. The van der Waals surface area contributed by atoms with Gasteiger partial charge in [0, 0.05) is 6.04 Å². The van der Waals surface area contributed by atoms with Gasteiger partial charge in [0.2, 0.25) is 0 Å². The Hall–Kier alpha value is -1.07. The maximum Gasteiger partial charge on any atom is 0.140 e. The number of rotatable bonds is 4. The van der Waals surface area contributed by atoms with Crippen LogP contribution in [0.1, 0.15) is 24.9 Å². The largest absolute Gasteiger partial charge is 0.456 e. The Morgan fingerprint density at radius 1 is 1.11 bits per heavy atom. The third-order valence-electron chi connectivity index (χ3n) is 2.81. The van der Waals surface area contributed by atoms with Gasteiger partial charge in [-0.15, -0.1) is 0 Å². The Balaban J connectivity index is 2.14. The molecule has 0 saturated heterocycles. The molecule has 18 heavy (non-hydrogen) atoms. The predicted octanol–water partition coefficient (Wildman–Crippen LogP) is 4.49. The van der Waals surface area contributed by atoms with Crippen molar-refractivity contribution in [3.8, 4) is 11.5 Å². The maximum atomic E-state index is 5.98.